The van der Waals surface area contributed by atoms with Gasteiger partial charge in [0, 0.05) is 17.8 Å². The number of aromatic nitrogens is 4. The van der Waals surface area contributed by atoms with Gasteiger partial charge in [0.1, 0.15) is 12.2 Å². The molecular formula is C15H19F3N6O3. The van der Waals surface area contributed by atoms with Crippen LogP contribution >= 0.6 is 0 Å². The quantitative estimate of drug-likeness (QED) is 0.604. The van der Waals surface area contributed by atoms with E-state index < -0.39 is 41.0 Å². The van der Waals surface area contributed by atoms with Crippen LogP contribution in [0.3, 0.4) is 0 Å². The van der Waals surface area contributed by atoms with Gasteiger partial charge in [-0.2, -0.15) is 23.4 Å². The molecule has 148 valence electrons. The number of carbonyl (C=O) groups excluding carboxylic acids is 1. The Bertz CT molecular complexity index is 871. The second-order valence-corrected chi connectivity index (χ2v) is 5.99. The Morgan fingerprint density at radius 2 is 1.96 bits per heavy atom. The maximum absolute atomic E-state index is 13.0. The van der Waals surface area contributed by atoms with Crippen LogP contribution in [0.5, 0.6) is 0 Å². The Kier molecular flexibility index (Phi) is 5.56. The van der Waals surface area contributed by atoms with Crippen molar-refractivity contribution in [2.24, 2.45) is 0 Å². The zero-order valence-corrected chi connectivity index (χ0v) is 15.2. The van der Waals surface area contributed by atoms with Crippen LogP contribution in [-0.2, 0) is 24.1 Å². The fraction of sp³-hybridized carbons (Fsp3) is 0.533. The molecule has 2 aromatic rings. The van der Waals surface area contributed by atoms with Crippen molar-refractivity contribution in [3.05, 3.63) is 39.0 Å². The van der Waals surface area contributed by atoms with Crippen LogP contribution in [0.4, 0.5) is 18.9 Å². The second kappa shape index (κ2) is 7.37. The van der Waals surface area contributed by atoms with E-state index in [1.807, 2.05) is 13.8 Å². The van der Waals surface area contributed by atoms with Gasteiger partial charge in [0.05, 0.1) is 17.2 Å². The van der Waals surface area contributed by atoms with E-state index in [9.17, 15) is 28.1 Å². The number of nitrogens with one attached hydrogen (secondary N) is 1. The molecule has 27 heavy (non-hydrogen) atoms. The fourth-order valence-corrected chi connectivity index (χ4v) is 2.81. The zero-order valence-electron chi connectivity index (χ0n) is 15.2. The van der Waals surface area contributed by atoms with E-state index in [0.29, 0.717) is 11.2 Å². The lowest BCUT2D eigenvalue weighted by Gasteiger charge is -2.14. The molecule has 0 saturated carbocycles. The highest BCUT2D eigenvalue weighted by atomic mass is 19.4. The van der Waals surface area contributed by atoms with Crippen molar-refractivity contribution in [3.8, 4) is 0 Å². The van der Waals surface area contributed by atoms with Gasteiger partial charge in [0.15, 0.2) is 0 Å². The molecule has 2 aromatic heterocycles. The van der Waals surface area contributed by atoms with Gasteiger partial charge in [-0.1, -0.05) is 0 Å². The molecule has 0 radical (unpaired) electrons. The zero-order chi connectivity index (χ0) is 20.5. The van der Waals surface area contributed by atoms with Gasteiger partial charge in [-0.3, -0.25) is 24.3 Å². The molecule has 2 rings (SSSR count). The molecule has 0 aliphatic rings. The summed E-state index contributed by atoms with van der Waals surface area (Å²) in [7, 11) is 0. The number of halogens is 3. The van der Waals surface area contributed by atoms with Crippen molar-refractivity contribution >= 4 is 11.6 Å². The number of nitrogens with zero attached hydrogens (tertiary/aromatic N) is 5. The average Bonchev–Trinajstić information content (AvgIpc) is 3.07. The molecule has 9 nitrogen and oxygen atoms in total. The summed E-state index contributed by atoms with van der Waals surface area (Å²) in [6.45, 7) is 6.66. The summed E-state index contributed by atoms with van der Waals surface area (Å²) in [4.78, 5) is 22.0. The Balaban J connectivity index is 2.20. The molecule has 1 atom stereocenters. The van der Waals surface area contributed by atoms with Crippen LogP contribution in [0.2, 0.25) is 0 Å². The molecule has 1 amide bonds. The van der Waals surface area contributed by atoms with Gasteiger partial charge in [0.25, 0.3) is 0 Å². The monoisotopic (exact) mass is 388 g/mol. The number of alkyl halides is 3. The number of nitro groups is 1. The third-order valence-corrected chi connectivity index (χ3v) is 4.20. The van der Waals surface area contributed by atoms with Gasteiger partial charge in [-0.15, -0.1) is 0 Å². The first-order chi connectivity index (χ1) is 12.5. The van der Waals surface area contributed by atoms with Crippen LogP contribution in [0.1, 0.15) is 42.5 Å². The molecule has 0 aliphatic carbocycles. The second-order valence-electron chi connectivity index (χ2n) is 5.99. The van der Waals surface area contributed by atoms with Crippen LogP contribution in [0.25, 0.3) is 0 Å². The van der Waals surface area contributed by atoms with Gasteiger partial charge in [0.2, 0.25) is 11.6 Å². The van der Waals surface area contributed by atoms with E-state index >= 15 is 0 Å². The molecule has 0 aliphatic heterocycles. The highest BCUT2D eigenvalue weighted by molar-refractivity contribution is 5.76. The fourth-order valence-electron chi connectivity index (χ4n) is 2.81. The van der Waals surface area contributed by atoms with Crippen LogP contribution < -0.4 is 5.32 Å². The summed E-state index contributed by atoms with van der Waals surface area (Å²) >= 11 is 0. The highest BCUT2D eigenvalue weighted by Gasteiger charge is 2.44. The predicted octanol–water partition coefficient (Wildman–Crippen LogP) is 2.52. The van der Waals surface area contributed by atoms with E-state index in [1.165, 1.54) is 0 Å². The number of hydrogen-bond acceptors (Lipinski definition) is 5. The van der Waals surface area contributed by atoms with E-state index in [0.717, 1.165) is 18.2 Å². The minimum atomic E-state index is -4.99. The van der Waals surface area contributed by atoms with Crippen molar-refractivity contribution in [3.63, 3.8) is 0 Å². The number of rotatable bonds is 6. The molecule has 0 saturated heterocycles. The van der Waals surface area contributed by atoms with Gasteiger partial charge >= 0.3 is 11.9 Å². The Labute approximate surface area is 152 Å². The molecule has 1 unspecified atom stereocenters. The first-order valence-corrected chi connectivity index (χ1v) is 8.08. The summed E-state index contributed by atoms with van der Waals surface area (Å²) in [5.74, 6) is -0.625. The summed E-state index contributed by atoms with van der Waals surface area (Å²) in [5.41, 5.74) is -1.49. The third-order valence-electron chi connectivity index (χ3n) is 4.20. The maximum atomic E-state index is 13.0. The minimum Gasteiger partial charge on any atom is -0.348 e. The number of amides is 1. The predicted molar refractivity (Wildman–Crippen MR) is 87.8 cm³/mol. The molecule has 0 spiro atoms. The molecule has 0 bridgehead atoms. The maximum Gasteiger partial charge on any atom is 0.442 e. The largest absolute Gasteiger partial charge is 0.442 e. The standard InChI is InChI=1S/C15H19F3N6O3/c1-5-22-9(3)11(6-19-22)8(2)20-12(25)7-23-10(4)13(24(26)27)14(21-23)15(16,17)18/h6,8H,5,7H2,1-4H3,(H,20,25). The Morgan fingerprint density at radius 1 is 1.33 bits per heavy atom. The average molecular weight is 388 g/mol. The Hall–Kier alpha value is -2.92. The lowest BCUT2D eigenvalue weighted by atomic mass is 10.1. The van der Waals surface area contributed by atoms with Gasteiger partial charge in [-0.25, -0.2) is 0 Å². The van der Waals surface area contributed by atoms with E-state index in [2.05, 4.69) is 15.5 Å². The lowest BCUT2D eigenvalue weighted by molar-refractivity contribution is -0.388. The van der Waals surface area contributed by atoms with Crippen molar-refractivity contribution < 1.29 is 22.9 Å². The van der Waals surface area contributed by atoms with E-state index in [1.54, 1.807) is 17.8 Å². The molecule has 0 fully saturated rings. The van der Waals surface area contributed by atoms with Gasteiger partial charge in [-0.05, 0) is 27.7 Å². The molecule has 2 heterocycles. The van der Waals surface area contributed by atoms with Crippen LogP contribution in [-0.4, -0.2) is 30.4 Å². The molecule has 0 aromatic carbocycles. The highest BCUT2D eigenvalue weighted by Crippen LogP contribution is 2.36. The van der Waals surface area contributed by atoms with Crippen molar-refractivity contribution in [1.82, 2.24) is 24.9 Å². The first-order valence-electron chi connectivity index (χ1n) is 8.08. The smallest absolute Gasteiger partial charge is 0.348 e. The van der Waals surface area contributed by atoms with Crippen LogP contribution in [0.15, 0.2) is 6.20 Å². The van der Waals surface area contributed by atoms with Crippen molar-refractivity contribution in [2.45, 2.75) is 53.0 Å². The summed E-state index contributed by atoms with van der Waals surface area (Å²) in [6.07, 6.45) is -3.39. The lowest BCUT2D eigenvalue weighted by Crippen LogP contribution is -2.31. The summed E-state index contributed by atoms with van der Waals surface area (Å²) in [6, 6.07) is -0.439. The molecular weight excluding hydrogens is 369 g/mol. The normalized spacial score (nSPS) is 12.9. The van der Waals surface area contributed by atoms with Crippen molar-refractivity contribution in [1.29, 1.82) is 0 Å². The van der Waals surface area contributed by atoms with Crippen molar-refractivity contribution in [2.75, 3.05) is 0 Å². The van der Waals surface area contributed by atoms with E-state index in [-0.39, 0.29) is 5.69 Å². The summed E-state index contributed by atoms with van der Waals surface area (Å²) in [5, 5.41) is 21.0. The summed E-state index contributed by atoms with van der Waals surface area (Å²) < 4.78 is 41.3. The van der Waals surface area contributed by atoms with E-state index in [4.69, 9.17) is 0 Å². The topological polar surface area (TPSA) is 108 Å². The first kappa shape index (κ1) is 20.4. The third kappa shape index (κ3) is 4.09. The van der Waals surface area contributed by atoms with Crippen LogP contribution in [0, 0.1) is 24.0 Å². The number of hydrogen-bond donors (Lipinski definition) is 1. The minimum absolute atomic E-state index is 0.342. The Morgan fingerprint density at radius 3 is 2.41 bits per heavy atom. The molecule has 1 N–H and O–H groups in total. The SMILES string of the molecule is CCn1ncc(C(C)NC(=O)Cn2nc(C(F)(F)F)c([N+](=O)[O-])c2C)c1C. The number of carbonyl (C=O) groups is 1. The molecule has 12 heteroatoms. The number of aryl methyl sites for hydroxylation is 1. The van der Waals surface area contributed by atoms with Gasteiger partial charge < -0.3 is 5.32 Å².